The van der Waals surface area contributed by atoms with E-state index in [1.165, 1.54) is 17.3 Å². The summed E-state index contributed by atoms with van der Waals surface area (Å²) in [4.78, 5) is 35.5. The van der Waals surface area contributed by atoms with Gasteiger partial charge in [-0.2, -0.15) is 0 Å². The average molecular weight is 459 g/mol. The first kappa shape index (κ1) is 22.1. The molecule has 0 radical (unpaired) electrons. The van der Waals surface area contributed by atoms with Crippen molar-refractivity contribution in [2.45, 2.75) is 24.4 Å². The summed E-state index contributed by atoms with van der Waals surface area (Å²) >= 11 is 7.49. The molecule has 8 heteroatoms. The number of thioether (sulfide) groups is 1. The maximum atomic E-state index is 12.6. The first-order chi connectivity index (χ1) is 15.1. The third kappa shape index (κ3) is 5.99. The van der Waals surface area contributed by atoms with E-state index in [-0.39, 0.29) is 11.8 Å². The lowest BCUT2D eigenvalue weighted by Crippen LogP contribution is -2.48. The summed E-state index contributed by atoms with van der Waals surface area (Å²) in [7, 11) is 0. The van der Waals surface area contributed by atoms with Crippen molar-refractivity contribution in [3.63, 3.8) is 0 Å². The van der Waals surface area contributed by atoms with Gasteiger partial charge in [-0.1, -0.05) is 35.5 Å². The fourth-order valence-electron chi connectivity index (χ4n) is 3.97. The highest BCUT2D eigenvalue weighted by atomic mass is 35.5. The predicted octanol–water partition coefficient (Wildman–Crippen LogP) is 3.41. The van der Waals surface area contributed by atoms with Gasteiger partial charge in [-0.15, -0.1) is 0 Å². The third-order valence-corrected chi connectivity index (χ3v) is 6.90. The second-order valence-electron chi connectivity index (χ2n) is 7.96. The molecule has 31 heavy (non-hydrogen) atoms. The minimum absolute atomic E-state index is 0.0493. The van der Waals surface area contributed by atoms with Crippen LogP contribution in [0.2, 0.25) is 5.02 Å². The fourth-order valence-corrected chi connectivity index (χ4v) is 4.93. The highest BCUT2D eigenvalue weighted by Gasteiger charge is 2.22. The molecule has 2 amide bonds. The molecule has 2 fully saturated rings. The number of rotatable bonds is 6. The zero-order valence-electron chi connectivity index (χ0n) is 17.5. The number of hydrogen-bond donors (Lipinski definition) is 0. The lowest BCUT2D eigenvalue weighted by molar-refractivity contribution is -0.130. The number of halogens is 1. The molecule has 0 unspecified atom stereocenters. The summed E-state index contributed by atoms with van der Waals surface area (Å²) < 4.78 is 0. The largest absolute Gasteiger partial charge is 0.339 e. The number of aromatic nitrogens is 1. The molecule has 1 aromatic carbocycles. The lowest BCUT2D eigenvalue weighted by Gasteiger charge is -2.34. The molecule has 0 N–H and O–H groups in total. The van der Waals surface area contributed by atoms with Gasteiger partial charge >= 0.3 is 0 Å². The Morgan fingerprint density at radius 2 is 1.74 bits per heavy atom. The maximum Gasteiger partial charge on any atom is 0.255 e. The zero-order chi connectivity index (χ0) is 21.6. The van der Waals surface area contributed by atoms with E-state index in [1.54, 1.807) is 6.20 Å². The molecule has 1 aromatic heterocycles. The van der Waals surface area contributed by atoms with Gasteiger partial charge in [0.1, 0.15) is 0 Å². The molecule has 2 saturated heterocycles. The average Bonchev–Trinajstić information content (AvgIpc) is 3.33. The van der Waals surface area contributed by atoms with Gasteiger partial charge in [0.2, 0.25) is 5.91 Å². The van der Waals surface area contributed by atoms with Gasteiger partial charge in [0.05, 0.1) is 16.3 Å². The van der Waals surface area contributed by atoms with E-state index < -0.39 is 0 Å². The quantitative estimate of drug-likeness (QED) is 0.621. The number of hydrogen-bond acceptors (Lipinski definition) is 5. The van der Waals surface area contributed by atoms with Crippen molar-refractivity contribution in [2.24, 2.45) is 0 Å². The van der Waals surface area contributed by atoms with E-state index in [4.69, 9.17) is 11.6 Å². The Hall–Kier alpha value is -2.09. The monoisotopic (exact) mass is 458 g/mol. The van der Waals surface area contributed by atoms with Crippen LogP contribution in [0, 0.1) is 0 Å². The second-order valence-corrected chi connectivity index (χ2v) is 9.39. The number of likely N-dealkylation sites (tertiary alicyclic amines) is 1. The van der Waals surface area contributed by atoms with Crippen molar-refractivity contribution in [3.8, 4) is 0 Å². The summed E-state index contributed by atoms with van der Waals surface area (Å²) in [5.41, 5.74) is 1.81. The molecular weight excluding hydrogens is 432 g/mol. The Labute approximate surface area is 192 Å². The molecule has 0 aliphatic carbocycles. The highest BCUT2D eigenvalue weighted by Crippen LogP contribution is 2.19. The van der Waals surface area contributed by atoms with E-state index in [0.717, 1.165) is 68.7 Å². The fraction of sp³-hybridized carbons (Fsp3) is 0.435. The van der Waals surface area contributed by atoms with Crippen molar-refractivity contribution in [3.05, 3.63) is 58.7 Å². The molecule has 6 nitrogen and oxygen atoms in total. The van der Waals surface area contributed by atoms with Crippen LogP contribution >= 0.6 is 23.4 Å². The van der Waals surface area contributed by atoms with Gasteiger partial charge in [0, 0.05) is 57.0 Å². The van der Waals surface area contributed by atoms with Crippen LogP contribution in [0.5, 0.6) is 0 Å². The van der Waals surface area contributed by atoms with Crippen LogP contribution in [0.4, 0.5) is 0 Å². The first-order valence-electron chi connectivity index (χ1n) is 10.7. The molecule has 0 spiro atoms. The van der Waals surface area contributed by atoms with Crippen molar-refractivity contribution in [1.29, 1.82) is 0 Å². The smallest absolute Gasteiger partial charge is 0.255 e. The van der Waals surface area contributed by atoms with Gasteiger partial charge in [0.15, 0.2) is 0 Å². The maximum absolute atomic E-state index is 12.6. The molecular formula is C23H27ClN4O2S. The molecule has 2 aliphatic rings. The Bertz CT molecular complexity index is 910. The van der Waals surface area contributed by atoms with E-state index >= 15 is 0 Å². The van der Waals surface area contributed by atoms with Crippen molar-refractivity contribution >= 4 is 35.2 Å². The van der Waals surface area contributed by atoms with E-state index in [9.17, 15) is 9.59 Å². The lowest BCUT2D eigenvalue weighted by atomic mass is 10.2. The zero-order valence-corrected chi connectivity index (χ0v) is 19.1. The summed E-state index contributed by atoms with van der Waals surface area (Å²) in [6, 6.07) is 11.6. The standard InChI is InChI=1S/C23H27ClN4O2S/c24-20-5-3-4-18(14-20)16-26-10-12-27(13-11-26)22(29)17-31-21-7-6-19(15-25-21)23(30)28-8-1-2-9-28/h3-7,14-15H,1-2,8-13,16-17H2. The van der Waals surface area contributed by atoms with Crippen LogP contribution < -0.4 is 0 Å². The van der Waals surface area contributed by atoms with Crippen LogP contribution in [0.25, 0.3) is 0 Å². The van der Waals surface area contributed by atoms with Crippen molar-refractivity contribution in [1.82, 2.24) is 19.7 Å². The predicted molar refractivity (Wildman–Crippen MR) is 123 cm³/mol. The van der Waals surface area contributed by atoms with Crippen LogP contribution in [0.1, 0.15) is 28.8 Å². The van der Waals surface area contributed by atoms with E-state index in [2.05, 4.69) is 16.0 Å². The summed E-state index contributed by atoms with van der Waals surface area (Å²) in [5, 5.41) is 1.52. The molecule has 2 aromatic rings. The summed E-state index contributed by atoms with van der Waals surface area (Å²) in [5.74, 6) is 0.542. The van der Waals surface area contributed by atoms with Gasteiger partial charge < -0.3 is 9.80 Å². The summed E-state index contributed by atoms with van der Waals surface area (Å²) in [6.07, 6.45) is 3.77. The molecule has 4 rings (SSSR count). The normalized spacial score (nSPS) is 17.2. The summed E-state index contributed by atoms with van der Waals surface area (Å²) in [6.45, 7) is 5.69. The number of piperazine rings is 1. The number of pyridine rings is 1. The minimum Gasteiger partial charge on any atom is -0.339 e. The van der Waals surface area contributed by atoms with Crippen LogP contribution in [0.3, 0.4) is 0 Å². The first-order valence-corrected chi connectivity index (χ1v) is 12.1. The highest BCUT2D eigenvalue weighted by molar-refractivity contribution is 7.99. The van der Waals surface area contributed by atoms with Crippen molar-refractivity contribution in [2.75, 3.05) is 45.0 Å². The van der Waals surface area contributed by atoms with Crippen LogP contribution in [0.15, 0.2) is 47.6 Å². The van der Waals surface area contributed by atoms with Crippen LogP contribution in [-0.4, -0.2) is 76.5 Å². The Balaban J connectivity index is 1.21. The van der Waals surface area contributed by atoms with Gasteiger partial charge in [-0.05, 0) is 42.7 Å². The number of carbonyl (C=O) groups excluding carboxylic acids is 2. The molecule has 0 atom stereocenters. The Morgan fingerprint density at radius 1 is 0.968 bits per heavy atom. The van der Waals surface area contributed by atoms with Crippen LogP contribution in [-0.2, 0) is 11.3 Å². The van der Waals surface area contributed by atoms with Gasteiger partial charge in [-0.25, -0.2) is 4.98 Å². The topological polar surface area (TPSA) is 56.8 Å². The molecule has 3 heterocycles. The number of nitrogens with zero attached hydrogens (tertiary/aromatic N) is 4. The molecule has 0 saturated carbocycles. The number of benzene rings is 1. The van der Waals surface area contributed by atoms with E-state index in [1.807, 2.05) is 40.1 Å². The minimum atomic E-state index is 0.0493. The number of amides is 2. The van der Waals surface area contributed by atoms with Gasteiger partial charge in [-0.3, -0.25) is 14.5 Å². The van der Waals surface area contributed by atoms with E-state index in [0.29, 0.717) is 11.3 Å². The third-order valence-electron chi connectivity index (χ3n) is 5.74. The number of carbonyl (C=O) groups is 2. The Morgan fingerprint density at radius 3 is 2.42 bits per heavy atom. The SMILES string of the molecule is O=C(CSc1ccc(C(=O)N2CCCC2)cn1)N1CCN(Cc2cccc(Cl)c2)CC1. The molecule has 164 valence electrons. The van der Waals surface area contributed by atoms with Crippen molar-refractivity contribution < 1.29 is 9.59 Å². The Kier molecular flexibility index (Phi) is 7.48. The van der Waals surface area contributed by atoms with Gasteiger partial charge in [0.25, 0.3) is 5.91 Å². The molecule has 2 aliphatic heterocycles. The second kappa shape index (κ2) is 10.5. The molecule has 0 bridgehead atoms.